The number of fused-ring (bicyclic) bond motifs is 1. The van der Waals surface area contributed by atoms with Crippen molar-refractivity contribution in [2.75, 3.05) is 24.6 Å². The van der Waals surface area contributed by atoms with Gasteiger partial charge in [-0.05, 0) is 18.2 Å². The Morgan fingerprint density at radius 1 is 1.40 bits per heavy atom. The van der Waals surface area contributed by atoms with Crippen LogP contribution in [-0.4, -0.2) is 40.4 Å². The Morgan fingerprint density at radius 3 is 3.00 bits per heavy atom. The second kappa shape index (κ2) is 6.20. The van der Waals surface area contributed by atoms with Crippen LogP contribution in [0.5, 0.6) is 0 Å². The highest BCUT2D eigenvalue weighted by atomic mass is 35.5. The largest absolute Gasteiger partial charge is 0.370 e. The molecule has 1 aromatic carbocycles. The van der Waals surface area contributed by atoms with E-state index in [2.05, 4.69) is 14.9 Å². The van der Waals surface area contributed by atoms with Gasteiger partial charge in [-0.25, -0.2) is 9.98 Å². The topological polar surface area (TPSA) is 54.5 Å². The van der Waals surface area contributed by atoms with E-state index in [-0.39, 0.29) is 0 Å². The van der Waals surface area contributed by atoms with E-state index in [0.717, 1.165) is 39.8 Å². The van der Waals surface area contributed by atoms with Crippen LogP contribution < -0.4 is 5.73 Å². The molecule has 106 valence electrons. The molecule has 1 aliphatic rings. The highest BCUT2D eigenvalue weighted by molar-refractivity contribution is 7.99. The van der Waals surface area contributed by atoms with E-state index in [0.29, 0.717) is 17.5 Å². The third-order valence-electron chi connectivity index (χ3n) is 3.11. The van der Waals surface area contributed by atoms with E-state index in [1.54, 1.807) is 11.3 Å². The molecule has 0 saturated carbocycles. The fourth-order valence-corrected chi connectivity index (χ4v) is 4.00. The number of aliphatic imine (C=N–C) groups is 1. The molecule has 1 aliphatic heterocycles. The van der Waals surface area contributed by atoms with Gasteiger partial charge in [0.1, 0.15) is 5.01 Å². The van der Waals surface area contributed by atoms with Gasteiger partial charge in [-0.15, -0.1) is 11.3 Å². The zero-order valence-electron chi connectivity index (χ0n) is 10.9. The molecule has 0 radical (unpaired) electrons. The predicted molar refractivity (Wildman–Crippen MR) is 88.9 cm³/mol. The summed E-state index contributed by atoms with van der Waals surface area (Å²) >= 11 is 9.56. The van der Waals surface area contributed by atoms with Gasteiger partial charge in [0, 0.05) is 29.6 Å². The van der Waals surface area contributed by atoms with Crippen molar-refractivity contribution in [1.82, 2.24) is 9.88 Å². The van der Waals surface area contributed by atoms with Crippen molar-refractivity contribution in [3.8, 4) is 0 Å². The van der Waals surface area contributed by atoms with Crippen molar-refractivity contribution < 1.29 is 0 Å². The van der Waals surface area contributed by atoms with Crippen molar-refractivity contribution >= 4 is 50.9 Å². The summed E-state index contributed by atoms with van der Waals surface area (Å²) in [4.78, 5) is 11.1. The van der Waals surface area contributed by atoms with Crippen LogP contribution in [0.4, 0.5) is 0 Å². The van der Waals surface area contributed by atoms with Crippen LogP contribution >= 0.6 is 34.7 Å². The number of nitrogens with zero attached hydrogens (tertiary/aromatic N) is 3. The fourth-order valence-electron chi connectivity index (χ4n) is 2.06. The van der Waals surface area contributed by atoms with Gasteiger partial charge in [0.15, 0.2) is 5.96 Å². The van der Waals surface area contributed by atoms with Crippen LogP contribution in [-0.2, 0) is 6.54 Å². The molecular weight excluding hydrogens is 312 g/mol. The van der Waals surface area contributed by atoms with Crippen molar-refractivity contribution in [3.63, 3.8) is 0 Å². The zero-order chi connectivity index (χ0) is 13.9. The monoisotopic (exact) mass is 326 g/mol. The van der Waals surface area contributed by atoms with Crippen molar-refractivity contribution in [2.24, 2.45) is 10.7 Å². The lowest BCUT2D eigenvalue weighted by molar-refractivity contribution is 0.455. The van der Waals surface area contributed by atoms with Gasteiger partial charge in [-0.2, -0.15) is 11.8 Å². The summed E-state index contributed by atoms with van der Waals surface area (Å²) in [7, 11) is 0. The first-order valence-electron chi connectivity index (χ1n) is 6.40. The summed E-state index contributed by atoms with van der Waals surface area (Å²) in [5, 5.41) is 1.68. The third-order valence-corrected chi connectivity index (χ3v) is 5.30. The first-order valence-corrected chi connectivity index (χ1v) is 8.75. The number of thiazole rings is 1. The average Bonchev–Trinajstić information content (AvgIpc) is 2.87. The molecule has 1 saturated heterocycles. The molecule has 0 aliphatic carbocycles. The molecule has 2 aromatic rings. The van der Waals surface area contributed by atoms with Crippen LogP contribution in [0.3, 0.4) is 0 Å². The highest BCUT2D eigenvalue weighted by Gasteiger charge is 2.12. The fraction of sp³-hybridized carbons (Fsp3) is 0.385. The normalized spacial score (nSPS) is 16.9. The number of halogens is 1. The molecule has 2 heterocycles. The van der Waals surface area contributed by atoms with Gasteiger partial charge >= 0.3 is 0 Å². The highest BCUT2D eigenvalue weighted by Crippen LogP contribution is 2.25. The van der Waals surface area contributed by atoms with E-state index in [9.17, 15) is 0 Å². The maximum Gasteiger partial charge on any atom is 0.191 e. The van der Waals surface area contributed by atoms with Crippen molar-refractivity contribution in [3.05, 3.63) is 28.2 Å². The number of aromatic nitrogens is 1. The minimum Gasteiger partial charge on any atom is -0.370 e. The summed E-state index contributed by atoms with van der Waals surface area (Å²) < 4.78 is 1.13. The Labute approximate surface area is 131 Å². The Balaban J connectivity index is 1.72. The summed E-state index contributed by atoms with van der Waals surface area (Å²) in [5.74, 6) is 2.87. The van der Waals surface area contributed by atoms with Gasteiger partial charge in [0.05, 0.1) is 16.8 Å². The van der Waals surface area contributed by atoms with Gasteiger partial charge in [-0.3, -0.25) is 0 Å². The number of nitrogens with two attached hydrogens (primary N) is 1. The lowest BCUT2D eigenvalue weighted by Crippen LogP contribution is -2.42. The van der Waals surface area contributed by atoms with Crippen LogP contribution in [0.15, 0.2) is 23.2 Å². The Morgan fingerprint density at radius 2 is 2.20 bits per heavy atom. The van der Waals surface area contributed by atoms with Crippen molar-refractivity contribution in [2.45, 2.75) is 6.54 Å². The first-order chi connectivity index (χ1) is 9.72. The molecule has 0 atom stereocenters. The van der Waals surface area contributed by atoms with Gasteiger partial charge in [0.2, 0.25) is 0 Å². The molecular formula is C13H15ClN4S2. The average molecular weight is 327 g/mol. The minimum absolute atomic E-state index is 0.534. The van der Waals surface area contributed by atoms with E-state index in [1.807, 2.05) is 30.0 Å². The second-order valence-corrected chi connectivity index (χ2v) is 7.27. The summed E-state index contributed by atoms with van der Waals surface area (Å²) in [6.07, 6.45) is 0. The standard InChI is InChI=1S/C13H15ClN4S2/c14-9-1-2-11-10(7-9)17-12(20-11)8-16-13(15)18-3-5-19-6-4-18/h1-2,7H,3-6,8H2,(H2,15,16). The van der Waals surface area contributed by atoms with E-state index >= 15 is 0 Å². The molecule has 0 amide bonds. The summed E-state index contributed by atoms with van der Waals surface area (Å²) in [5.41, 5.74) is 6.97. The third kappa shape index (κ3) is 3.19. The number of hydrogen-bond donors (Lipinski definition) is 1. The summed E-state index contributed by atoms with van der Waals surface area (Å²) in [6, 6.07) is 5.76. The number of thioether (sulfide) groups is 1. The maximum absolute atomic E-state index is 6.04. The lowest BCUT2D eigenvalue weighted by atomic mass is 10.3. The quantitative estimate of drug-likeness (QED) is 0.681. The Bertz CT molecular complexity index is 634. The minimum atomic E-state index is 0.534. The van der Waals surface area contributed by atoms with Crippen LogP contribution in [0.25, 0.3) is 10.2 Å². The molecule has 0 bridgehead atoms. The zero-order valence-corrected chi connectivity index (χ0v) is 13.3. The molecule has 2 N–H and O–H groups in total. The first kappa shape index (κ1) is 14.0. The molecule has 20 heavy (non-hydrogen) atoms. The van der Waals surface area contributed by atoms with Crippen molar-refractivity contribution in [1.29, 1.82) is 0 Å². The number of hydrogen-bond acceptors (Lipinski definition) is 4. The van der Waals surface area contributed by atoms with Gasteiger partial charge < -0.3 is 10.6 Å². The van der Waals surface area contributed by atoms with Crippen LogP contribution in [0, 0.1) is 0 Å². The Hall–Kier alpha value is -0.980. The SMILES string of the molecule is NC(=NCc1nc2cc(Cl)ccc2s1)N1CCSCC1. The molecule has 4 nitrogen and oxygen atoms in total. The molecule has 3 rings (SSSR count). The maximum atomic E-state index is 6.04. The lowest BCUT2D eigenvalue weighted by Gasteiger charge is -2.27. The van der Waals surface area contributed by atoms with E-state index in [4.69, 9.17) is 17.3 Å². The van der Waals surface area contributed by atoms with E-state index < -0.39 is 0 Å². The Kier molecular flexibility index (Phi) is 4.33. The van der Waals surface area contributed by atoms with Crippen LogP contribution in [0.2, 0.25) is 5.02 Å². The van der Waals surface area contributed by atoms with Gasteiger partial charge in [0.25, 0.3) is 0 Å². The number of guanidine groups is 1. The molecule has 1 fully saturated rings. The molecule has 0 spiro atoms. The smallest absolute Gasteiger partial charge is 0.191 e. The number of rotatable bonds is 2. The molecule has 0 unspecified atom stereocenters. The van der Waals surface area contributed by atoms with E-state index in [1.165, 1.54) is 0 Å². The number of benzene rings is 1. The van der Waals surface area contributed by atoms with Gasteiger partial charge in [-0.1, -0.05) is 11.6 Å². The predicted octanol–water partition coefficient (Wildman–Crippen LogP) is 2.81. The molecule has 7 heteroatoms. The van der Waals surface area contributed by atoms with Crippen LogP contribution in [0.1, 0.15) is 5.01 Å². The molecule has 1 aromatic heterocycles. The second-order valence-electron chi connectivity index (χ2n) is 4.49. The summed E-state index contributed by atoms with van der Waals surface area (Å²) in [6.45, 7) is 2.50.